The van der Waals surface area contributed by atoms with Crippen molar-refractivity contribution in [2.24, 2.45) is 0 Å². The molecule has 1 atom stereocenters. The predicted octanol–water partition coefficient (Wildman–Crippen LogP) is 3.52. The summed E-state index contributed by atoms with van der Waals surface area (Å²) in [5.41, 5.74) is 1.83. The van der Waals surface area contributed by atoms with Crippen molar-refractivity contribution >= 4 is 27.7 Å². The summed E-state index contributed by atoms with van der Waals surface area (Å²) in [6.07, 6.45) is 3.59. The molecule has 116 valence electrons. The fourth-order valence-corrected chi connectivity index (χ4v) is 4.22. The maximum Gasteiger partial charge on any atom is 0.236 e. The van der Waals surface area contributed by atoms with Crippen LogP contribution in [-0.4, -0.2) is 23.8 Å². The Balaban J connectivity index is 1.83. The molecule has 22 heavy (non-hydrogen) atoms. The van der Waals surface area contributed by atoms with Crippen LogP contribution in [0.4, 0.5) is 0 Å². The van der Waals surface area contributed by atoms with E-state index in [2.05, 4.69) is 4.57 Å². The van der Waals surface area contributed by atoms with Gasteiger partial charge in [0.05, 0.1) is 6.04 Å². The van der Waals surface area contributed by atoms with Gasteiger partial charge in [-0.25, -0.2) is 8.42 Å². The average Bonchev–Trinajstić information content (AvgIpc) is 2.96. The van der Waals surface area contributed by atoms with Crippen LogP contribution in [0.2, 0.25) is 5.02 Å². The van der Waals surface area contributed by atoms with E-state index in [0.717, 1.165) is 11.3 Å². The summed E-state index contributed by atoms with van der Waals surface area (Å²) >= 11 is 5.83. The van der Waals surface area contributed by atoms with E-state index in [0.29, 0.717) is 18.1 Å². The zero-order chi connectivity index (χ0) is 15.7. The summed E-state index contributed by atoms with van der Waals surface area (Å²) < 4.78 is 28.8. The molecule has 0 saturated carbocycles. The van der Waals surface area contributed by atoms with Gasteiger partial charge in [-0.2, -0.15) is 4.31 Å². The molecule has 0 amide bonds. The molecule has 6 heteroatoms. The molecule has 1 aliphatic rings. The molecule has 1 aromatic heterocycles. The highest BCUT2D eigenvalue weighted by atomic mass is 35.5. The Bertz CT molecular complexity index is 794. The highest BCUT2D eigenvalue weighted by Crippen LogP contribution is 2.28. The number of hydrogen-bond acceptors (Lipinski definition) is 2. The number of halogens is 1. The van der Waals surface area contributed by atoms with E-state index in [-0.39, 0.29) is 6.04 Å². The fourth-order valence-electron chi connectivity index (χ4n) is 2.72. The van der Waals surface area contributed by atoms with Crippen LogP contribution in [0.1, 0.15) is 24.2 Å². The Kier molecular flexibility index (Phi) is 4.12. The minimum absolute atomic E-state index is 0.163. The van der Waals surface area contributed by atoms with E-state index in [1.165, 1.54) is 9.71 Å². The molecule has 2 heterocycles. The fraction of sp³-hybridized carbons (Fsp3) is 0.250. The summed E-state index contributed by atoms with van der Waals surface area (Å²) in [6, 6.07) is 10.8. The minimum atomic E-state index is -3.45. The lowest BCUT2D eigenvalue weighted by molar-refractivity contribution is 0.285. The molecule has 0 saturated heterocycles. The Labute approximate surface area is 135 Å². The molecule has 1 aliphatic heterocycles. The summed E-state index contributed by atoms with van der Waals surface area (Å²) in [6.45, 7) is 3.08. The highest BCUT2D eigenvalue weighted by molar-refractivity contribution is 7.92. The molecule has 0 radical (unpaired) electrons. The van der Waals surface area contributed by atoms with E-state index in [4.69, 9.17) is 11.6 Å². The molecule has 4 nitrogen and oxygen atoms in total. The first kappa shape index (κ1) is 15.3. The van der Waals surface area contributed by atoms with Gasteiger partial charge >= 0.3 is 0 Å². The zero-order valence-corrected chi connectivity index (χ0v) is 13.8. The Morgan fingerprint density at radius 3 is 2.64 bits per heavy atom. The zero-order valence-electron chi connectivity index (χ0n) is 12.2. The van der Waals surface area contributed by atoms with Crippen LogP contribution in [0, 0.1) is 0 Å². The Morgan fingerprint density at radius 1 is 1.18 bits per heavy atom. The molecular weight excluding hydrogens is 320 g/mol. The van der Waals surface area contributed by atoms with Crippen molar-refractivity contribution in [3.63, 3.8) is 0 Å². The molecule has 0 N–H and O–H groups in total. The maximum atomic E-state index is 12.6. The van der Waals surface area contributed by atoms with Crippen LogP contribution < -0.4 is 0 Å². The summed E-state index contributed by atoms with van der Waals surface area (Å²) in [5, 5.41) is 1.90. The number of benzene rings is 1. The number of sulfonamides is 1. The van der Waals surface area contributed by atoms with Gasteiger partial charge in [-0.05, 0) is 42.8 Å². The average molecular weight is 337 g/mol. The van der Waals surface area contributed by atoms with Crippen LogP contribution in [0.25, 0.3) is 6.08 Å². The van der Waals surface area contributed by atoms with Crippen molar-refractivity contribution in [1.82, 2.24) is 8.87 Å². The molecule has 2 aromatic rings. The molecule has 0 fully saturated rings. The number of aromatic nitrogens is 1. The SMILES string of the molecule is C[C@@H]1c2cccn2CCN1S(=O)(=O)/C=C/c1ccc(Cl)cc1. The maximum absolute atomic E-state index is 12.6. The molecule has 0 aliphatic carbocycles. The van der Waals surface area contributed by atoms with Crippen LogP contribution in [-0.2, 0) is 16.6 Å². The predicted molar refractivity (Wildman–Crippen MR) is 89.0 cm³/mol. The minimum Gasteiger partial charge on any atom is -0.349 e. The van der Waals surface area contributed by atoms with E-state index in [1.807, 2.05) is 25.3 Å². The van der Waals surface area contributed by atoms with Crippen LogP contribution in [0.3, 0.4) is 0 Å². The van der Waals surface area contributed by atoms with Crippen molar-refractivity contribution in [2.45, 2.75) is 19.5 Å². The van der Waals surface area contributed by atoms with E-state index in [9.17, 15) is 8.42 Å². The topological polar surface area (TPSA) is 42.3 Å². The normalized spacial score (nSPS) is 19.5. The van der Waals surface area contributed by atoms with Gasteiger partial charge in [0.15, 0.2) is 0 Å². The lowest BCUT2D eigenvalue weighted by atomic mass is 10.2. The summed E-state index contributed by atoms with van der Waals surface area (Å²) in [5.74, 6) is 0. The monoisotopic (exact) mass is 336 g/mol. The number of hydrogen-bond donors (Lipinski definition) is 0. The van der Waals surface area contributed by atoms with E-state index < -0.39 is 10.0 Å². The van der Waals surface area contributed by atoms with Gasteiger partial charge in [-0.3, -0.25) is 0 Å². The quantitative estimate of drug-likeness (QED) is 0.860. The number of rotatable bonds is 3. The first-order valence-corrected chi connectivity index (χ1v) is 8.96. The molecule has 0 unspecified atom stereocenters. The third-order valence-electron chi connectivity index (χ3n) is 3.92. The Hall–Kier alpha value is -1.56. The Morgan fingerprint density at radius 2 is 1.91 bits per heavy atom. The van der Waals surface area contributed by atoms with E-state index >= 15 is 0 Å². The van der Waals surface area contributed by atoms with Crippen LogP contribution in [0.5, 0.6) is 0 Å². The van der Waals surface area contributed by atoms with Gasteiger partial charge in [0.2, 0.25) is 10.0 Å². The molecular formula is C16H17ClN2O2S. The largest absolute Gasteiger partial charge is 0.349 e. The van der Waals surface area contributed by atoms with Gasteiger partial charge in [-0.1, -0.05) is 23.7 Å². The first-order valence-electron chi connectivity index (χ1n) is 7.08. The van der Waals surface area contributed by atoms with E-state index in [1.54, 1.807) is 30.3 Å². The van der Waals surface area contributed by atoms with Gasteiger partial charge < -0.3 is 4.57 Å². The van der Waals surface area contributed by atoms with Crippen LogP contribution >= 0.6 is 11.6 Å². The number of fused-ring (bicyclic) bond motifs is 1. The van der Waals surface area contributed by atoms with Gasteiger partial charge in [0.1, 0.15) is 0 Å². The summed E-state index contributed by atoms with van der Waals surface area (Å²) in [4.78, 5) is 0. The smallest absolute Gasteiger partial charge is 0.236 e. The third-order valence-corrected chi connectivity index (χ3v) is 5.80. The van der Waals surface area contributed by atoms with Crippen molar-refractivity contribution in [3.05, 3.63) is 64.3 Å². The highest BCUT2D eigenvalue weighted by Gasteiger charge is 2.31. The second-order valence-corrected chi connectivity index (χ2v) is 7.52. The molecule has 0 spiro atoms. The summed E-state index contributed by atoms with van der Waals surface area (Å²) in [7, 11) is -3.45. The van der Waals surface area contributed by atoms with Gasteiger partial charge in [0.25, 0.3) is 0 Å². The second-order valence-electron chi connectivity index (χ2n) is 5.31. The lowest BCUT2D eigenvalue weighted by Gasteiger charge is -2.32. The second kappa shape index (κ2) is 5.91. The van der Waals surface area contributed by atoms with Crippen molar-refractivity contribution in [1.29, 1.82) is 0 Å². The number of nitrogens with zero attached hydrogens (tertiary/aromatic N) is 2. The molecule has 3 rings (SSSR count). The first-order chi connectivity index (χ1) is 10.5. The van der Waals surface area contributed by atoms with Crippen molar-refractivity contribution in [2.75, 3.05) is 6.54 Å². The molecule has 0 bridgehead atoms. The third kappa shape index (κ3) is 2.97. The lowest BCUT2D eigenvalue weighted by Crippen LogP contribution is -2.39. The van der Waals surface area contributed by atoms with Crippen LogP contribution in [0.15, 0.2) is 48.0 Å². The van der Waals surface area contributed by atoms with Crippen molar-refractivity contribution < 1.29 is 8.42 Å². The van der Waals surface area contributed by atoms with Gasteiger partial charge in [-0.15, -0.1) is 0 Å². The van der Waals surface area contributed by atoms with Gasteiger partial charge in [0, 0.05) is 35.4 Å². The van der Waals surface area contributed by atoms with Crippen molar-refractivity contribution in [3.8, 4) is 0 Å². The standard InChI is InChI=1S/C16H17ClN2O2S/c1-13-16-3-2-9-18(16)10-11-19(13)22(20,21)12-8-14-4-6-15(17)7-5-14/h2-9,12-13H,10-11H2,1H3/b12-8+/t13-/m1/s1. The molecule has 1 aromatic carbocycles.